The summed E-state index contributed by atoms with van der Waals surface area (Å²) in [6.45, 7) is 9.54. The van der Waals surface area contributed by atoms with Crippen LogP contribution in [0.2, 0.25) is 0 Å². The van der Waals surface area contributed by atoms with E-state index in [1.807, 2.05) is 32.3 Å². The van der Waals surface area contributed by atoms with Gasteiger partial charge in [-0.1, -0.05) is 63.1 Å². The van der Waals surface area contributed by atoms with Crippen LogP contribution in [0.4, 0.5) is 0 Å². The van der Waals surface area contributed by atoms with Crippen LogP contribution >= 0.6 is 0 Å². The van der Waals surface area contributed by atoms with Gasteiger partial charge < -0.3 is 5.73 Å². The first-order valence-corrected chi connectivity index (χ1v) is 14.7. The van der Waals surface area contributed by atoms with Gasteiger partial charge in [0, 0.05) is 17.8 Å². The number of hydrogen-bond donors (Lipinski definition) is 1. The number of nitrogens with zero attached hydrogens (tertiary/aromatic N) is 1. The van der Waals surface area contributed by atoms with Crippen LogP contribution in [0.15, 0.2) is 72.6 Å². The second kappa shape index (κ2) is 14.5. The normalized spacial score (nSPS) is 28.0. The zero-order valence-corrected chi connectivity index (χ0v) is 23.4. The van der Waals surface area contributed by atoms with E-state index in [9.17, 15) is 0 Å². The summed E-state index contributed by atoms with van der Waals surface area (Å²) in [7, 11) is 1.50. The summed E-state index contributed by atoms with van der Waals surface area (Å²) >= 11 is 0. The second-order valence-corrected chi connectivity index (χ2v) is 10.5. The number of benzene rings is 1. The highest BCUT2D eigenvalue weighted by Gasteiger charge is 2.44. The molecule has 2 fully saturated rings. The first-order chi connectivity index (χ1) is 17.8. The minimum absolute atomic E-state index is 0.741. The van der Waals surface area contributed by atoms with E-state index in [0.717, 1.165) is 36.0 Å². The van der Waals surface area contributed by atoms with E-state index in [1.54, 1.807) is 16.7 Å². The van der Waals surface area contributed by atoms with E-state index < -0.39 is 0 Å². The monoisotopic (exact) mass is 486 g/mol. The molecule has 0 bridgehead atoms. The molecule has 2 saturated carbocycles. The van der Waals surface area contributed by atoms with Gasteiger partial charge in [0.25, 0.3) is 0 Å². The van der Waals surface area contributed by atoms with E-state index >= 15 is 0 Å². The topological polar surface area (TPSA) is 38.9 Å². The summed E-state index contributed by atoms with van der Waals surface area (Å²) in [6.07, 6.45) is 24.9. The molecule has 0 spiro atoms. The second-order valence-electron chi connectivity index (χ2n) is 10.5. The number of allylic oxidation sites excluding steroid dienone is 5. The van der Waals surface area contributed by atoms with Crippen molar-refractivity contribution in [1.29, 1.82) is 0 Å². The van der Waals surface area contributed by atoms with Crippen molar-refractivity contribution in [3.05, 3.63) is 78.2 Å². The molecule has 196 valence electrons. The van der Waals surface area contributed by atoms with Crippen LogP contribution in [0.1, 0.15) is 96.5 Å². The molecule has 5 unspecified atom stereocenters. The van der Waals surface area contributed by atoms with Crippen molar-refractivity contribution < 1.29 is 0 Å². The molecule has 1 heterocycles. The third-order valence-corrected chi connectivity index (χ3v) is 8.80. The lowest BCUT2D eigenvalue weighted by Gasteiger charge is -2.35. The first-order valence-electron chi connectivity index (χ1n) is 14.7. The van der Waals surface area contributed by atoms with Crippen molar-refractivity contribution in [2.24, 2.45) is 29.4 Å². The Morgan fingerprint density at radius 1 is 0.944 bits per heavy atom. The van der Waals surface area contributed by atoms with Gasteiger partial charge in [0.2, 0.25) is 0 Å². The van der Waals surface area contributed by atoms with E-state index in [-0.39, 0.29) is 0 Å². The van der Waals surface area contributed by atoms with Crippen molar-refractivity contribution in [2.45, 2.75) is 90.9 Å². The predicted molar refractivity (Wildman–Crippen MR) is 158 cm³/mol. The number of fused-ring (bicyclic) bond motifs is 5. The third kappa shape index (κ3) is 6.38. The summed E-state index contributed by atoms with van der Waals surface area (Å²) in [5, 5.41) is 2.62. The molecule has 0 amide bonds. The highest BCUT2D eigenvalue weighted by Crippen LogP contribution is 2.55. The lowest BCUT2D eigenvalue weighted by Crippen LogP contribution is -2.26. The maximum absolute atomic E-state index is 4.50. The smallest absolute Gasteiger partial charge is 0.0346 e. The van der Waals surface area contributed by atoms with Crippen LogP contribution in [0.3, 0.4) is 0 Å². The van der Waals surface area contributed by atoms with Crippen LogP contribution in [-0.2, 0) is 0 Å². The zero-order valence-electron chi connectivity index (χ0n) is 23.4. The number of nitrogens with two attached hydrogens (primary N) is 1. The fourth-order valence-corrected chi connectivity index (χ4v) is 7.13. The number of rotatable bonds is 2. The van der Waals surface area contributed by atoms with Gasteiger partial charge in [-0.15, -0.1) is 6.58 Å². The molecule has 4 aliphatic rings. The SMILES string of the molecule is C1=C2CCCCC2CCC2C1=CCC1C(c3ccc4ccncc4c3)CCC21.C=CCC.CC.CN. The average Bonchev–Trinajstić information content (AvgIpc) is 3.30. The Morgan fingerprint density at radius 3 is 2.50 bits per heavy atom. The molecule has 1 aromatic heterocycles. The Hall–Kier alpha value is -2.19. The summed E-state index contributed by atoms with van der Waals surface area (Å²) in [5.41, 5.74) is 9.59. The fourth-order valence-electron chi connectivity index (χ4n) is 7.13. The van der Waals surface area contributed by atoms with Gasteiger partial charge in [0.15, 0.2) is 0 Å². The zero-order chi connectivity index (χ0) is 25.9. The van der Waals surface area contributed by atoms with Gasteiger partial charge in [0.1, 0.15) is 0 Å². The Balaban J connectivity index is 0.000000406. The van der Waals surface area contributed by atoms with Crippen LogP contribution in [0.25, 0.3) is 10.8 Å². The number of hydrogen-bond acceptors (Lipinski definition) is 2. The Morgan fingerprint density at radius 2 is 1.72 bits per heavy atom. The van der Waals surface area contributed by atoms with Crippen molar-refractivity contribution >= 4 is 10.8 Å². The molecule has 36 heavy (non-hydrogen) atoms. The maximum Gasteiger partial charge on any atom is 0.0346 e. The highest BCUT2D eigenvalue weighted by molar-refractivity contribution is 5.82. The predicted octanol–water partition coefficient (Wildman–Crippen LogP) is 9.38. The van der Waals surface area contributed by atoms with Gasteiger partial charge >= 0.3 is 0 Å². The van der Waals surface area contributed by atoms with Crippen LogP contribution in [0.5, 0.6) is 0 Å². The lowest BCUT2D eigenvalue weighted by molar-refractivity contribution is 0.245. The standard InChI is InChI=1S/C27H31N.C4H8.C2H6.CH5N/c1-2-4-20-15-22-8-10-26-25(11-12-27(26)24(22)9-7-18(20)3-1)21-6-5-19-13-14-28-17-23(19)16-21;1-3-4-2;2*1-2/h5-6,8,13-18,24-27H,1-4,7,9-12H2;3H,1,4H2,2H3;1-2H3;2H2,1H3. The maximum atomic E-state index is 4.50. The third-order valence-electron chi connectivity index (χ3n) is 8.80. The Bertz CT molecular complexity index is 1020. The van der Waals surface area contributed by atoms with Crippen LogP contribution < -0.4 is 5.73 Å². The van der Waals surface area contributed by atoms with Crippen molar-refractivity contribution in [3.63, 3.8) is 0 Å². The molecular formula is C34H50N2. The molecule has 2 aromatic rings. The van der Waals surface area contributed by atoms with Gasteiger partial charge in [-0.25, -0.2) is 0 Å². The Kier molecular flexibility index (Phi) is 11.5. The fraction of sp³-hybridized carbons (Fsp3) is 0.559. The summed E-state index contributed by atoms with van der Waals surface area (Å²) in [6, 6.07) is 9.27. The van der Waals surface area contributed by atoms with E-state index in [2.05, 4.69) is 60.6 Å². The minimum atomic E-state index is 0.741. The summed E-state index contributed by atoms with van der Waals surface area (Å²) in [4.78, 5) is 4.35. The van der Waals surface area contributed by atoms with Crippen LogP contribution in [-0.4, -0.2) is 12.0 Å². The molecule has 1 aromatic carbocycles. The van der Waals surface area contributed by atoms with Gasteiger partial charge in [0.05, 0.1) is 0 Å². The average molecular weight is 487 g/mol. The van der Waals surface area contributed by atoms with Crippen molar-refractivity contribution in [2.75, 3.05) is 7.05 Å². The molecule has 6 rings (SSSR count). The molecular weight excluding hydrogens is 436 g/mol. The molecule has 4 aliphatic carbocycles. The number of aromatic nitrogens is 1. The van der Waals surface area contributed by atoms with E-state index in [1.165, 1.54) is 75.6 Å². The van der Waals surface area contributed by atoms with Crippen LogP contribution in [0, 0.1) is 23.7 Å². The Labute approximate surface area is 221 Å². The molecule has 0 saturated heterocycles. The van der Waals surface area contributed by atoms with E-state index in [4.69, 9.17) is 0 Å². The minimum Gasteiger partial charge on any atom is -0.333 e. The largest absolute Gasteiger partial charge is 0.333 e. The first kappa shape index (κ1) is 28.4. The molecule has 5 atom stereocenters. The van der Waals surface area contributed by atoms with Crippen molar-refractivity contribution in [1.82, 2.24) is 4.98 Å². The van der Waals surface area contributed by atoms with Gasteiger partial charge in [-0.3, -0.25) is 4.98 Å². The lowest BCUT2D eigenvalue weighted by atomic mass is 9.69. The van der Waals surface area contributed by atoms with Gasteiger partial charge in [-0.2, -0.15) is 0 Å². The molecule has 2 nitrogen and oxygen atoms in total. The number of pyridine rings is 1. The van der Waals surface area contributed by atoms with E-state index in [0.29, 0.717) is 0 Å². The highest BCUT2D eigenvalue weighted by atomic mass is 14.6. The molecule has 2 heteroatoms. The summed E-state index contributed by atoms with van der Waals surface area (Å²) < 4.78 is 0. The molecule has 0 radical (unpaired) electrons. The quantitative estimate of drug-likeness (QED) is 0.429. The van der Waals surface area contributed by atoms with Crippen molar-refractivity contribution in [3.8, 4) is 0 Å². The molecule has 2 N–H and O–H groups in total. The van der Waals surface area contributed by atoms with Gasteiger partial charge in [-0.05, 0) is 123 Å². The summed E-state index contributed by atoms with van der Waals surface area (Å²) in [5.74, 6) is 4.24. The molecule has 0 aliphatic heterocycles.